The average Bonchev–Trinajstić information content (AvgIpc) is 3.49. The first kappa shape index (κ1) is 23.2. The van der Waals surface area contributed by atoms with Crippen LogP contribution < -0.4 is 0 Å². The summed E-state index contributed by atoms with van der Waals surface area (Å²) in [5, 5.41) is 3.87. The summed E-state index contributed by atoms with van der Waals surface area (Å²) in [6.07, 6.45) is 2.16. The molecule has 1 aliphatic rings. The maximum Gasteiger partial charge on any atom is 0.344 e. The molecule has 0 spiro atoms. The van der Waals surface area contributed by atoms with Crippen molar-refractivity contribution in [1.29, 1.82) is 0 Å². The highest BCUT2D eigenvalue weighted by Gasteiger charge is 2.28. The summed E-state index contributed by atoms with van der Waals surface area (Å²) in [6.45, 7) is 6.25. The molecule has 3 aromatic rings. The Kier molecular flexibility index (Phi) is 6.67. The third-order valence-corrected chi connectivity index (χ3v) is 6.20. The topological polar surface area (TPSA) is 83.6 Å². The van der Waals surface area contributed by atoms with Crippen LogP contribution in [-0.4, -0.2) is 40.8 Å². The van der Waals surface area contributed by atoms with Crippen molar-refractivity contribution in [3.8, 4) is 11.3 Å². The van der Waals surface area contributed by atoms with Gasteiger partial charge in [-0.05, 0) is 51.8 Å². The summed E-state index contributed by atoms with van der Waals surface area (Å²) in [7, 11) is 0. The fourth-order valence-electron chi connectivity index (χ4n) is 4.14. The van der Waals surface area contributed by atoms with Crippen molar-refractivity contribution in [3.63, 3.8) is 0 Å². The molecular weight excluding hydrogens is 451 g/mol. The molecule has 1 aliphatic heterocycles. The lowest BCUT2D eigenvalue weighted by Crippen LogP contribution is -2.18. The molecule has 2 aromatic heterocycles. The lowest BCUT2D eigenvalue weighted by molar-refractivity contribution is 0.0473. The molecule has 0 radical (unpaired) electrons. The van der Waals surface area contributed by atoms with Crippen LogP contribution >= 0.6 is 11.6 Å². The third-order valence-electron chi connectivity index (χ3n) is 5.89. The largest absolute Gasteiger partial charge is 0.454 e. The molecule has 1 fully saturated rings. The van der Waals surface area contributed by atoms with E-state index in [1.54, 1.807) is 6.07 Å². The number of aryl methyl sites for hydroxylation is 2. The molecular formula is C24H24ClFN2O5. The van der Waals surface area contributed by atoms with Crippen LogP contribution in [0.5, 0.6) is 0 Å². The molecule has 1 aromatic carbocycles. The molecule has 3 heterocycles. The van der Waals surface area contributed by atoms with E-state index in [2.05, 4.69) is 5.16 Å². The summed E-state index contributed by atoms with van der Waals surface area (Å²) < 4.78 is 32.5. The monoisotopic (exact) mass is 474 g/mol. The Morgan fingerprint density at radius 2 is 2.09 bits per heavy atom. The van der Waals surface area contributed by atoms with Gasteiger partial charge in [-0.2, -0.15) is 0 Å². The number of carbonyl (C=O) groups is 2. The summed E-state index contributed by atoms with van der Waals surface area (Å²) in [5.41, 5.74) is 2.01. The molecule has 0 aliphatic carbocycles. The predicted octanol–water partition coefficient (Wildman–Crippen LogP) is 5.08. The maximum atomic E-state index is 14.4. The van der Waals surface area contributed by atoms with Crippen LogP contribution in [0.25, 0.3) is 11.3 Å². The second kappa shape index (κ2) is 9.49. The second-order valence-corrected chi connectivity index (χ2v) is 8.50. The Bertz CT molecular complexity index is 1190. The van der Waals surface area contributed by atoms with Gasteiger partial charge >= 0.3 is 5.97 Å². The molecule has 1 unspecified atom stereocenters. The van der Waals surface area contributed by atoms with Crippen LogP contribution in [0, 0.1) is 26.6 Å². The fourth-order valence-corrected chi connectivity index (χ4v) is 4.40. The zero-order chi connectivity index (χ0) is 23.7. The van der Waals surface area contributed by atoms with E-state index in [0.29, 0.717) is 12.1 Å². The minimum atomic E-state index is -0.843. The molecule has 4 rings (SSSR count). The van der Waals surface area contributed by atoms with E-state index in [9.17, 15) is 14.0 Å². The van der Waals surface area contributed by atoms with E-state index in [1.165, 1.54) is 25.1 Å². The van der Waals surface area contributed by atoms with Crippen LogP contribution in [0.4, 0.5) is 4.39 Å². The molecule has 0 amide bonds. The number of nitrogens with zero attached hydrogens (tertiary/aromatic N) is 2. The van der Waals surface area contributed by atoms with Crippen molar-refractivity contribution in [2.45, 2.75) is 46.3 Å². The smallest absolute Gasteiger partial charge is 0.344 e. The fraction of sp³-hybridized carbons (Fsp3) is 0.375. The summed E-state index contributed by atoms with van der Waals surface area (Å²) in [5.74, 6) is -1.70. The van der Waals surface area contributed by atoms with Gasteiger partial charge in [-0.15, -0.1) is 0 Å². The molecule has 0 saturated carbocycles. The number of ketones is 1. The van der Waals surface area contributed by atoms with Gasteiger partial charge in [-0.25, -0.2) is 9.18 Å². The van der Waals surface area contributed by atoms with Gasteiger partial charge in [-0.1, -0.05) is 22.8 Å². The number of aromatic nitrogens is 2. The second-order valence-electron chi connectivity index (χ2n) is 8.09. The normalized spacial score (nSPS) is 15.7. The van der Waals surface area contributed by atoms with Crippen molar-refractivity contribution in [3.05, 3.63) is 63.4 Å². The summed E-state index contributed by atoms with van der Waals surface area (Å²) in [4.78, 5) is 25.7. The SMILES string of the molecule is Cc1onc(-c2c(F)cccc2Cl)c1C(=O)OCC(=O)c1cc(C)n(CC2CCCO2)c1C. The van der Waals surface area contributed by atoms with Crippen molar-refractivity contribution >= 4 is 23.4 Å². The number of hydrogen-bond acceptors (Lipinski definition) is 6. The zero-order valence-electron chi connectivity index (χ0n) is 18.6. The number of Topliss-reactive ketones (excluding diaryl/α,β-unsaturated/α-hetero) is 1. The van der Waals surface area contributed by atoms with Crippen LogP contribution in [0.2, 0.25) is 5.02 Å². The lowest BCUT2D eigenvalue weighted by Gasteiger charge is -2.14. The van der Waals surface area contributed by atoms with Crippen molar-refractivity contribution in [1.82, 2.24) is 9.72 Å². The first-order chi connectivity index (χ1) is 15.8. The Hall–Kier alpha value is -2.97. The molecule has 7 nitrogen and oxygen atoms in total. The highest BCUT2D eigenvalue weighted by Crippen LogP contribution is 2.33. The number of carbonyl (C=O) groups excluding carboxylic acids is 2. The van der Waals surface area contributed by atoms with E-state index in [4.69, 9.17) is 25.6 Å². The van der Waals surface area contributed by atoms with E-state index in [-0.39, 0.29) is 39.5 Å². The lowest BCUT2D eigenvalue weighted by atomic mass is 10.1. The molecule has 1 atom stereocenters. The highest BCUT2D eigenvalue weighted by atomic mass is 35.5. The van der Waals surface area contributed by atoms with Crippen LogP contribution in [0.15, 0.2) is 28.8 Å². The van der Waals surface area contributed by atoms with E-state index in [1.807, 2.05) is 18.4 Å². The van der Waals surface area contributed by atoms with E-state index < -0.39 is 18.4 Å². The zero-order valence-corrected chi connectivity index (χ0v) is 19.4. The Morgan fingerprint density at radius 1 is 1.30 bits per heavy atom. The highest BCUT2D eigenvalue weighted by molar-refractivity contribution is 6.33. The van der Waals surface area contributed by atoms with Gasteiger partial charge in [0.1, 0.15) is 22.8 Å². The molecule has 33 heavy (non-hydrogen) atoms. The van der Waals surface area contributed by atoms with Gasteiger partial charge in [0, 0.05) is 30.1 Å². The molecule has 9 heteroatoms. The minimum Gasteiger partial charge on any atom is -0.454 e. The number of halogens is 2. The van der Waals surface area contributed by atoms with Crippen molar-refractivity contribution in [2.75, 3.05) is 13.2 Å². The van der Waals surface area contributed by atoms with Crippen LogP contribution in [-0.2, 0) is 16.0 Å². The molecule has 1 saturated heterocycles. The Balaban J connectivity index is 1.50. The molecule has 0 bridgehead atoms. The first-order valence-electron chi connectivity index (χ1n) is 10.7. The van der Waals surface area contributed by atoms with Crippen molar-refractivity contribution < 1.29 is 28.0 Å². The molecule has 0 N–H and O–H groups in total. The standard InChI is InChI=1S/C24H24ClFN2O5/c1-13-10-17(14(2)28(13)11-16-6-5-9-31-16)20(29)12-32-24(30)21-15(3)33-27-23(21)22-18(25)7-4-8-19(22)26/h4,7-8,10,16H,5-6,9,11-12H2,1-3H3. The van der Waals surface area contributed by atoms with Crippen LogP contribution in [0.1, 0.15) is 50.7 Å². The number of hydrogen-bond donors (Lipinski definition) is 0. The van der Waals surface area contributed by atoms with Crippen molar-refractivity contribution in [2.24, 2.45) is 0 Å². The van der Waals surface area contributed by atoms with E-state index in [0.717, 1.165) is 30.8 Å². The summed E-state index contributed by atoms with van der Waals surface area (Å²) in [6, 6.07) is 5.92. The van der Waals surface area contributed by atoms with Gasteiger partial charge < -0.3 is 18.6 Å². The Morgan fingerprint density at radius 3 is 2.79 bits per heavy atom. The number of benzene rings is 1. The van der Waals surface area contributed by atoms with Gasteiger partial charge in [0.2, 0.25) is 5.78 Å². The number of esters is 1. The van der Waals surface area contributed by atoms with E-state index >= 15 is 0 Å². The van der Waals surface area contributed by atoms with Gasteiger partial charge in [0.05, 0.1) is 16.7 Å². The number of ether oxygens (including phenoxy) is 2. The van der Waals surface area contributed by atoms with Gasteiger partial charge in [0.15, 0.2) is 6.61 Å². The first-order valence-corrected chi connectivity index (χ1v) is 11.0. The quantitative estimate of drug-likeness (QED) is 0.351. The minimum absolute atomic E-state index is 0.0630. The number of rotatable bonds is 7. The molecule has 174 valence electrons. The van der Waals surface area contributed by atoms with Gasteiger partial charge in [-0.3, -0.25) is 4.79 Å². The third kappa shape index (κ3) is 4.58. The average molecular weight is 475 g/mol. The summed E-state index contributed by atoms with van der Waals surface area (Å²) >= 11 is 6.11. The van der Waals surface area contributed by atoms with Crippen LogP contribution in [0.3, 0.4) is 0 Å². The Labute approximate surface area is 195 Å². The maximum absolute atomic E-state index is 14.4. The predicted molar refractivity (Wildman–Crippen MR) is 119 cm³/mol. The van der Waals surface area contributed by atoms with Gasteiger partial charge in [0.25, 0.3) is 0 Å².